The van der Waals surface area contributed by atoms with Gasteiger partial charge in [-0.15, -0.1) is 0 Å². The van der Waals surface area contributed by atoms with Gasteiger partial charge in [-0.05, 0) is 32.0 Å². The lowest BCUT2D eigenvalue weighted by molar-refractivity contribution is -0.145. The third-order valence-corrected chi connectivity index (χ3v) is 6.86. The number of nitrogens with zero attached hydrogens (tertiary/aromatic N) is 2. The fourth-order valence-electron chi connectivity index (χ4n) is 3.73. The average molecular weight is 384 g/mol. The zero-order valence-electron chi connectivity index (χ0n) is 15.4. The molecule has 1 aromatic heterocycles. The van der Waals surface area contributed by atoms with E-state index in [4.69, 9.17) is 4.74 Å². The molecular weight excluding hydrogens is 364 g/mol. The van der Waals surface area contributed by atoms with Crippen LogP contribution in [-0.2, 0) is 21.4 Å². The first-order chi connectivity index (χ1) is 12.8. The summed E-state index contributed by atoms with van der Waals surface area (Å²) in [5.41, 5.74) is 3.10. The molecule has 1 atom stereocenters. The number of amides is 1. The second-order valence-electron chi connectivity index (χ2n) is 6.93. The largest absolute Gasteiger partial charge is 0.455 e. The third kappa shape index (κ3) is 2.60. The van der Waals surface area contributed by atoms with Crippen molar-refractivity contribution in [1.82, 2.24) is 4.57 Å². The fourth-order valence-corrected chi connectivity index (χ4v) is 5.14. The number of Topliss-reactive ketones (excluding diaryl/α,β-unsaturated/α-hetero) is 1. The summed E-state index contributed by atoms with van der Waals surface area (Å²) in [5.74, 6) is -0.865. The molecule has 0 N–H and O–H groups in total. The van der Waals surface area contributed by atoms with E-state index in [-0.39, 0.29) is 18.3 Å². The summed E-state index contributed by atoms with van der Waals surface area (Å²) >= 11 is 1.34. The van der Waals surface area contributed by atoms with Crippen molar-refractivity contribution >= 4 is 35.1 Å². The molecule has 0 radical (unpaired) electrons. The molecule has 0 bridgehead atoms. The number of ether oxygens (including phenoxy) is 1. The number of thioether (sulfide) groups is 1. The first kappa shape index (κ1) is 17.9. The van der Waals surface area contributed by atoms with Crippen molar-refractivity contribution in [2.24, 2.45) is 7.05 Å². The minimum atomic E-state index is -1.09. The molecule has 1 fully saturated rings. The highest BCUT2D eigenvalue weighted by Gasteiger charge is 2.58. The Kier molecular flexibility index (Phi) is 4.14. The molecule has 4 rings (SSSR count). The van der Waals surface area contributed by atoms with Crippen LogP contribution in [0.5, 0.6) is 0 Å². The zero-order valence-corrected chi connectivity index (χ0v) is 16.3. The summed E-state index contributed by atoms with van der Waals surface area (Å²) in [6.45, 7) is 3.45. The van der Waals surface area contributed by atoms with Gasteiger partial charge in [-0.25, -0.2) is 4.79 Å². The van der Waals surface area contributed by atoms with Gasteiger partial charge < -0.3 is 9.30 Å². The van der Waals surface area contributed by atoms with E-state index in [1.165, 1.54) is 16.7 Å². The Labute approximate surface area is 161 Å². The van der Waals surface area contributed by atoms with Gasteiger partial charge in [0.05, 0.1) is 5.69 Å². The number of esters is 1. The second kappa shape index (κ2) is 6.27. The van der Waals surface area contributed by atoms with Crippen LogP contribution in [0.2, 0.25) is 0 Å². The van der Waals surface area contributed by atoms with E-state index in [0.717, 1.165) is 22.0 Å². The Hall–Kier alpha value is -2.54. The van der Waals surface area contributed by atoms with Crippen LogP contribution in [-0.4, -0.2) is 33.7 Å². The third-order valence-electron chi connectivity index (χ3n) is 5.40. The van der Waals surface area contributed by atoms with Gasteiger partial charge >= 0.3 is 5.97 Å². The maximum absolute atomic E-state index is 13.0. The summed E-state index contributed by atoms with van der Waals surface area (Å²) in [6.07, 6.45) is 0.670. The molecule has 6 nitrogen and oxygen atoms in total. The molecule has 7 heteroatoms. The van der Waals surface area contributed by atoms with Crippen LogP contribution < -0.4 is 4.90 Å². The van der Waals surface area contributed by atoms with E-state index >= 15 is 0 Å². The Bertz CT molecular complexity index is 980. The smallest absolute Gasteiger partial charge is 0.343 e. The lowest BCUT2D eigenvalue weighted by Gasteiger charge is -2.28. The van der Waals surface area contributed by atoms with Crippen LogP contribution in [0.1, 0.15) is 34.6 Å². The summed E-state index contributed by atoms with van der Waals surface area (Å²) in [6, 6.07) is 9.25. The highest BCUT2D eigenvalue weighted by molar-refractivity contribution is 8.02. The zero-order chi connectivity index (χ0) is 19.3. The first-order valence-corrected chi connectivity index (χ1v) is 9.61. The molecule has 2 aromatic rings. The summed E-state index contributed by atoms with van der Waals surface area (Å²) in [5, 5.41) is 0. The van der Waals surface area contributed by atoms with Gasteiger partial charge in [-0.2, -0.15) is 0 Å². The van der Waals surface area contributed by atoms with Gasteiger partial charge in [0.2, 0.25) is 11.7 Å². The number of carbonyl (C=O) groups is 3. The molecule has 0 aliphatic carbocycles. The van der Waals surface area contributed by atoms with Crippen LogP contribution in [0.15, 0.2) is 35.2 Å². The number of benzene rings is 1. The summed E-state index contributed by atoms with van der Waals surface area (Å²) in [7, 11) is 1.89. The maximum atomic E-state index is 13.0. The van der Waals surface area contributed by atoms with Gasteiger partial charge in [0.25, 0.3) is 0 Å². The van der Waals surface area contributed by atoms with E-state index in [1.54, 1.807) is 6.07 Å². The van der Waals surface area contributed by atoms with Crippen LogP contribution in [0.4, 0.5) is 5.69 Å². The minimum absolute atomic E-state index is 0.0924. The number of carbonyl (C=O) groups excluding carboxylic acids is 3. The molecule has 0 saturated carbocycles. The van der Waals surface area contributed by atoms with E-state index in [0.29, 0.717) is 18.4 Å². The highest BCUT2D eigenvalue weighted by Crippen LogP contribution is 2.56. The second-order valence-corrected chi connectivity index (χ2v) is 8.25. The first-order valence-electron chi connectivity index (χ1n) is 8.79. The van der Waals surface area contributed by atoms with Crippen LogP contribution in [0.3, 0.4) is 0 Å². The maximum Gasteiger partial charge on any atom is 0.343 e. The number of rotatable bonds is 4. The Morgan fingerprint density at radius 2 is 2.00 bits per heavy atom. The van der Waals surface area contributed by atoms with Crippen molar-refractivity contribution in [1.29, 1.82) is 0 Å². The molecule has 2 aliphatic rings. The molecule has 2 aliphatic heterocycles. The Balaban J connectivity index is 1.54. The van der Waals surface area contributed by atoms with Gasteiger partial charge in [0.15, 0.2) is 11.5 Å². The van der Waals surface area contributed by atoms with Crippen molar-refractivity contribution in [3.05, 3.63) is 47.3 Å². The molecule has 27 heavy (non-hydrogen) atoms. The molecular formula is C20H20N2O4S. The molecule has 1 aromatic carbocycles. The van der Waals surface area contributed by atoms with Crippen LogP contribution in [0, 0.1) is 13.8 Å². The monoisotopic (exact) mass is 384 g/mol. The topological polar surface area (TPSA) is 68.6 Å². The molecule has 0 unspecified atom stereocenters. The molecule has 1 saturated heterocycles. The van der Waals surface area contributed by atoms with Crippen molar-refractivity contribution in [3.8, 4) is 0 Å². The van der Waals surface area contributed by atoms with E-state index in [1.807, 2.05) is 49.7 Å². The quantitative estimate of drug-likeness (QED) is 0.599. The Morgan fingerprint density at radius 1 is 1.26 bits per heavy atom. The van der Waals surface area contributed by atoms with Crippen molar-refractivity contribution < 1.29 is 19.1 Å². The van der Waals surface area contributed by atoms with Gasteiger partial charge in [0, 0.05) is 41.7 Å². The van der Waals surface area contributed by atoms with Crippen LogP contribution >= 0.6 is 11.8 Å². The van der Waals surface area contributed by atoms with E-state index < -0.39 is 10.8 Å². The average Bonchev–Trinajstić information content (AvgIpc) is 3.26. The van der Waals surface area contributed by atoms with E-state index in [2.05, 4.69) is 0 Å². The van der Waals surface area contributed by atoms with Crippen molar-refractivity contribution in [3.63, 3.8) is 0 Å². The lowest BCUT2D eigenvalue weighted by Crippen LogP contribution is -2.48. The lowest BCUT2D eigenvalue weighted by atomic mass is 10.1. The normalized spacial score (nSPS) is 20.6. The number of aromatic nitrogens is 1. The number of anilines is 1. The number of hydrogen-bond donors (Lipinski definition) is 0. The predicted octanol–water partition coefficient (Wildman–Crippen LogP) is 3.00. The van der Waals surface area contributed by atoms with Crippen molar-refractivity contribution in [2.75, 3.05) is 11.5 Å². The van der Waals surface area contributed by atoms with Gasteiger partial charge in [0.1, 0.15) is 0 Å². The fraction of sp³-hybridized carbons (Fsp3) is 0.350. The van der Waals surface area contributed by atoms with E-state index in [9.17, 15) is 14.4 Å². The number of ketones is 1. The summed E-state index contributed by atoms with van der Waals surface area (Å²) in [4.78, 5) is 39.2. The number of fused-ring (bicyclic) bond motifs is 3. The molecule has 140 valence electrons. The standard InChI is InChI=1S/C20H20N2O4S/c1-12-10-14(13(2)21(12)3)16(23)11-26-19(25)20-9-8-18(24)22(20)15-6-4-5-7-17(15)27-20/h4-7,10H,8-9,11H2,1-3H3/t20-/m0/s1. The van der Waals surface area contributed by atoms with Gasteiger partial charge in [-0.3, -0.25) is 14.5 Å². The van der Waals surface area contributed by atoms with Gasteiger partial charge in [-0.1, -0.05) is 23.9 Å². The SMILES string of the molecule is Cc1cc(C(=O)COC(=O)[C@@]23CCC(=O)N2c2ccccc2S3)c(C)n1C. The highest BCUT2D eigenvalue weighted by atomic mass is 32.2. The molecule has 0 spiro atoms. The number of para-hydroxylation sites is 1. The molecule has 3 heterocycles. The Morgan fingerprint density at radius 3 is 2.70 bits per heavy atom. The summed E-state index contributed by atoms with van der Waals surface area (Å²) < 4.78 is 7.34. The van der Waals surface area contributed by atoms with Crippen molar-refractivity contribution in [2.45, 2.75) is 36.5 Å². The number of hydrogen-bond acceptors (Lipinski definition) is 5. The predicted molar refractivity (Wildman–Crippen MR) is 102 cm³/mol. The minimum Gasteiger partial charge on any atom is -0.455 e. The van der Waals surface area contributed by atoms with Crippen LogP contribution in [0.25, 0.3) is 0 Å². The number of aryl methyl sites for hydroxylation is 1. The molecule has 1 amide bonds.